The number of thioether (sulfide) groups is 1. The molecule has 0 saturated heterocycles. The number of nitrogens with one attached hydrogen (secondary N) is 1. The van der Waals surface area contributed by atoms with Crippen LogP contribution in [0.25, 0.3) is 0 Å². The van der Waals surface area contributed by atoms with E-state index in [1.165, 1.54) is 18.9 Å². The van der Waals surface area contributed by atoms with Crippen LogP contribution in [0.5, 0.6) is 11.5 Å². The Bertz CT molecular complexity index is 1420. The Morgan fingerprint density at radius 3 is 2.55 bits per heavy atom. The second kappa shape index (κ2) is 11.1. The minimum atomic E-state index is -0.554. The maximum Gasteiger partial charge on any atom is 0.259 e. The molecule has 2 aliphatic heterocycles. The van der Waals surface area contributed by atoms with Gasteiger partial charge in [0.15, 0.2) is 5.17 Å². The van der Waals surface area contributed by atoms with Gasteiger partial charge in [-0.1, -0.05) is 61.2 Å². The largest absolute Gasteiger partial charge is 0.497 e. The van der Waals surface area contributed by atoms with Crippen LogP contribution in [0.3, 0.4) is 0 Å². The number of amides is 2. The second-order valence-electron chi connectivity index (χ2n) is 8.81. The van der Waals surface area contributed by atoms with Crippen molar-refractivity contribution in [2.45, 2.75) is 31.1 Å². The van der Waals surface area contributed by atoms with E-state index in [1.54, 1.807) is 30.2 Å². The first-order chi connectivity index (χ1) is 18.5. The van der Waals surface area contributed by atoms with Crippen molar-refractivity contribution >= 4 is 46.0 Å². The highest BCUT2D eigenvalue weighted by molar-refractivity contribution is 8.15. The van der Waals surface area contributed by atoms with Crippen LogP contribution in [0.2, 0.25) is 0 Å². The van der Waals surface area contributed by atoms with Crippen LogP contribution in [0.1, 0.15) is 24.5 Å². The van der Waals surface area contributed by atoms with E-state index >= 15 is 0 Å². The van der Waals surface area contributed by atoms with E-state index in [9.17, 15) is 9.59 Å². The number of carbonyl (C=O) groups is 2. The molecule has 0 fully saturated rings. The van der Waals surface area contributed by atoms with Gasteiger partial charge in [0.25, 0.3) is 5.91 Å². The van der Waals surface area contributed by atoms with Gasteiger partial charge in [0.2, 0.25) is 5.91 Å². The Kier molecular flexibility index (Phi) is 7.46. The van der Waals surface area contributed by atoms with Crippen LogP contribution in [0.4, 0.5) is 11.4 Å². The van der Waals surface area contributed by atoms with Crippen molar-refractivity contribution in [2.24, 2.45) is 9.98 Å². The molecule has 2 atom stereocenters. The normalized spacial score (nSPS) is 16.7. The number of para-hydroxylation sites is 1. The predicted octanol–water partition coefficient (Wildman–Crippen LogP) is 5.06. The fraction of sp³-hybridized carbons (Fsp3) is 0.241. The summed E-state index contributed by atoms with van der Waals surface area (Å²) in [5, 5.41) is 2.90. The number of rotatable bonds is 8. The van der Waals surface area contributed by atoms with E-state index in [0.29, 0.717) is 41.0 Å². The molecule has 194 valence electrons. The summed E-state index contributed by atoms with van der Waals surface area (Å²) in [7, 11) is 3.11. The van der Waals surface area contributed by atoms with Crippen LogP contribution in [-0.4, -0.2) is 53.2 Å². The first kappa shape index (κ1) is 25.5. The van der Waals surface area contributed by atoms with Crippen LogP contribution >= 0.6 is 11.8 Å². The molecule has 3 aromatic rings. The third-order valence-corrected chi connectivity index (χ3v) is 7.71. The molecule has 2 heterocycles. The van der Waals surface area contributed by atoms with Crippen molar-refractivity contribution in [1.29, 1.82) is 0 Å². The summed E-state index contributed by atoms with van der Waals surface area (Å²) < 4.78 is 10.7. The Morgan fingerprint density at radius 2 is 1.82 bits per heavy atom. The third kappa shape index (κ3) is 5.02. The molecule has 0 radical (unpaired) electrons. The van der Waals surface area contributed by atoms with Crippen LogP contribution in [0.15, 0.2) is 82.8 Å². The highest BCUT2D eigenvalue weighted by atomic mass is 32.2. The summed E-state index contributed by atoms with van der Waals surface area (Å²) in [5.74, 6) is 1.34. The van der Waals surface area contributed by atoms with Crippen LogP contribution in [0, 0.1) is 0 Å². The quantitative estimate of drug-likeness (QED) is 0.442. The molecular weight excluding hydrogens is 500 g/mol. The summed E-state index contributed by atoms with van der Waals surface area (Å²) in [6, 6.07) is 22.1. The number of anilines is 1. The Hall–Kier alpha value is -4.11. The molecule has 0 aliphatic carbocycles. The van der Waals surface area contributed by atoms with Crippen molar-refractivity contribution in [3.05, 3.63) is 83.9 Å². The third-order valence-electron chi connectivity index (χ3n) is 6.40. The summed E-state index contributed by atoms with van der Waals surface area (Å²) in [5.41, 5.74) is 3.11. The lowest BCUT2D eigenvalue weighted by atomic mass is 10.1. The smallest absolute Gasteiger partial charge is 0.259 e. The number of nitrogens with zero attached hydrogens (tertiary/aromatic N) is 3. The number of ether oxygens (including phenoxy) is 2. The van der Waals surface area contributed by atoms with Gasteiger partial charge in [-0.15, -0.1) is 0 Å². The van der Waals surface area contributed by atoms with Crippen molar-refractivity contribution in [1.82, 2.24) is 4.90 Å². The standard InChI is InChI=1S/C29H28N4O4S/c1-4-25(27(34)31-22-15-14-19(36-2)17-24(22)37-3)38-29-32-21-13-9-8-12-20(21)26-30-23(28(35)33(26)29)16-18-10-6-5-7-11-18/h5-15,17,23,25H,4,16H2,1-3H3,(H,31,34)/t23-,25+/m1/s1. The molecular formula is C29H28N4O4S. The molecule has 0 aromatic heterocycles. The Morgan fingerprint density at radius 1 is 1.05 bits per heavy atom. The van der Waals surface area contributed by atoms with Gasteiger partial charge in [-0.05, 0) is 36.2 Å². The fourth-order valence-electron chi connectivity index (χ4n) is 4.42. The van der Waals surface area contributed by atoms with Gasteiger partial charge in [-0.2, -0.15) is 0 Å². The minimum absolute atomic E-state index is 0.142. The SMILES string of the molecule is CC[C@H](SC1=Nc2ccccc2C2=N[C@H](Cc3ccccc3)C(=O)N12)C(=O)Nc1ccc(OC)cc1OC. The van der Waals surface area contributed by atoms with Crippen LogP contribution in [-0.2, 0) is 16.0 Å². The minimum Gasteiger partial charge on any atom is -0.497 e. The van der Waals surface area contributed by atoms with Gasteiger partial charge in [-0.25, -0.2) is 9.89 Å². The number of benzene rings is 3. The predicted molar refractivity (Wildman–Crippen MR) is 151 cm³/mol. The first-order valence-electron chi connectivity index (χ1n) is 12.4. The lowest BCUT2D eigenvalue weighted by molar-refractivity contribution is -0.124. The monoisotopic (exact) mass is 528 g/mol. The Labute approximate surface area is 225 Å². The van der Waals surface area contributed by atoms with Gasteiger partial charge < -0.3 is 14.8 Å². The number of hydrogen-bond acceptors (Lipinski definition) is 7. The van der Waals surface area contributed by atoms with Crippen LogP contribution < -0.4 is 14.8 Å². The second-order valence-corrected chi connectivity index (χ2v) is 9.98. The number of methoxy groups -OCH3 is 2. The molecule has 2 amide bonds. The van der Waals surface area contributed by atoms with Gasteiger partial charge in [0, 0.05) is 18.1 Å². The number of aliphatic imine (C=N–C) groups is 2. The first-order valence-corrected chi connectivity index (χ1v) is 13.2. The molecule has 0 bridgehead atoms. The molecule has 0 spiro atoms. The van der Waals surface area contributed by atoms with Gasteiger partial charge in [-0.3, -0.25) is 14.6 Å². The zero-order valence-corrected chi connectivity index (χ0v) is 22.2. The maximum absolute atomic E-state index is 13.6. The van der Waals surface area contributed by atoms with Gasteiger partial charge in [0.1, 0.15) is 23.4 Å². The molecule has 5 rings (SSSR count). The number of amidine groups is 2. The number of carbonyl (C=O) groups excluding carboxylic acids is 2. The zero-order valence-electron chi connectivity index (χ0n) is 21.4. The average Bonchev–Trinajstić information content (AvgIpc) is 3.28. The lowest BCUT2D eigenvalue weighted by Crippen LogP contribution is -2.42. The molecule has 0 saturated carbocycles. The molecule has 2 aliphatic rings. The van der Waals surface area contributed by atoms with E-state index < -0.39 is 11.3 Å². The average molecular weight is 529 g/mol. The van der Waals surface area contributed by atoms with Gasteiger partial charge in [0.05, 0.1) is 30.8 Å². The topological polar surface area (TPSA) is 92.6 Å². The van der Waals surface area contributed by atoms with Crippen molar-refractivity contribution in [2.75, 3.05) is 19.5 Å². The summed E-state index contributed by atoms with van der Waals surface area (Å²) >= 11 is 1.26. The summed E-state index contributed by atoms with van der Waals surface area (Å²) in [6.45, 7) is 1.93. The maximum atomic E-state index is 13.6. The molecule has 38 heavy (non-hydrogen) atoms. The van der Waals surface area contributed by atoms with E-state index in [4.69, 9.17) is 19.5 Å². The Balaban J connectivity index is 1.41. The van der Waals surface area contributed by atoms with E-state index in [2.05, 4.69) is 5.32 Å². The fourth-order valence-corrected chi connectivity index (χ4v) is 5.44. The highest BCUT2D eigenvalue weighted by Gasteiger charge is 2.42. The summed E-state index contributed by atoms with van der Waals surface area (Å²) in [6.07, 6.45) is 1.02. The molecule has 0 unspecified atom stereocenters. The van der Waals surface area contributed by atoms with Crippen molar-refractivity contribution in [3.63, 3.8) is 0 Å². The number of fused-ring (bicyclic) bond motifs is 3. The zero-order chi connectivity index (χ0) is 26.6. The van der Waals surface area contributed by atoms with Gasteiger partial charge >= 0.3 is 0 Å². The van der Waals surface area contributed by atoms with E-state index in [1.807, 2.05) is 61.5 Å². The molecule has 3 aromatic carbocycles. The van der Waals surface area contributed by atoms with Crippen molar-refractivity contribution < 1.29 is 19.1 Å². The lowest BCUT2D eigenvalue weighted by Gasteiger charge is -2.27. The van der Waals surface area contributed by atoms with Crippen molar-refractivity contribution in [3.8, 4) is 11.5 Å². The number of hydrogen-bond donors (Lipinski definition) is 1. The molecule has 8 nitrogen and oxygen atoms in total. The molecule has 9 heteroatoms. The van der Waals surface area contributed by atoms with E-state index in [-0.39, 0.29) is 11.8 Å². The van der Waals surface area contributed by atoms with E-state index in [0.717, 1.165) is 16.8 Å². The molecule has 1 N–H and O–H groups in total. The highest BCUT2D eigenvalue weighted by Crippen LogP contribution is 2.36. The summed E-state index contributed by atoms with van der Waals surface area (Å²) in [4.78, 5) is 38.2.